The van der Waals surface area contributed by atoms with Crippen molar-refractivity contribution in [2.45, 2.75) is 33.3 Å². The molecule has 116 valence electrons. The highest BCUT2D eigenvalue weighted by Gasteiger charge is 2.23. The molecule has 0 saturated heterocycles. The van der Waals surface area contributed by atoms with Crippen molar-refractivity contribution in [1.29, 1.82) is 0 Å². The van der Waals surface area contributed by atoms with Gasteiger partial charge in [0.25, 0.3) is 0 Å². The molecule has 0 aliphatic carbocycles. The fraction of sp³-hybridized carbons (Fsp3) is 0.467. The van der Waals surface area contributed by atoms with Gasteiger partial charge in [-0.3, -0.25) is 10.1 Å². The Bertz CT molecular complexity index is 546. The molecule has 0 saturated carbocycles. The Labute approximate surface area is 124 Å². The van der Waals surface area contributed by atoms with Gasteiger partial charge in [-0.05, 0) is 39.3 Å². The Balaban J connectivity index is 3.28. The quantitative estimate of drug-likeness (QED) is 0.864. The van der Waals surface area contributed by atoms with Crippen LogP contribution in [-0.4, -0.2) is 32.2 Å². The molecule has 6 nitrogen and oxygen atoms in total. The third-order valence-electron chi connectivity index (χ3n) is 2.61. The first-order valence-electron chi connectivity index (χ1n) is 6.44. The number of aldehydes is 1. The standard InChI is InChI=1S/C15H21NO5/c1-9-7-10(8-17)13(20-6)11(12(9)19-5)16-14(18)21-15(2,3)4/h7-8H,1-6H3,(H,16,18). The molecule has 0 atom stereocenters. The number of amides is 1. The second-order valence-corrected chi connectivity index (χ2v) is 5.47. The molecule has 1 aromatic rings. The van der Waals surface area contributed by atoms with Crippen molar-refractivity contribution in [2.75, 3.05) is 19.5 Å². The first-order chi connectivity index (χ1) is 9.73. The van der Waals surface area contributed by atoms with Crippen LogP contribution in [0.4, 0.5) is 10.5 Å². The summed E-state index contributed by atoms with van der Waals surface area (Å²) in [6.45, 7) is 7.04. The molecule has 0 radical (unpaired) electrons. The Morgan fingerprint density at radius 2 is 1.76 bits per heavy atom. The van der Waals surface area contributed by atoms with Crippen molar-refractivity contribution in [3.8, 4) is 11.5 Å². The van der Waals surface area contributed by atoms with Gasteiger partial charge >= 0.3 is 6.09 Å². The Morgan fingerprint density at radius 3 is 2.19 bits per heavy atom. The number of benzene rings is 1. The van der Waals surface area contributed by atoms with Crippen LogP contribution in [0.2, 0.25) is 0 Å². The normalized spacial score (nSPS) is 10.8. The highest BCUT2D eigenvalue weighted by Crippen LogP contribution is 2.40. The Morgan fingerprint density at radius 1 is 1.19 bits per heavy atom. The smallest absolute Gasteiger partial charge is 0.412 e. The van der Waals surface area contributed by atoms with Gasteiger partial charge in [0.15, 0.2) is 12.0 Å². The summed E-state index contributed by atoms with van der Waals surface area (Å²) in [4.78, 5) is 23.1. The zero-order valence-corrected chi connectivity index (χ0v) is 13.2. The molecule has 0 bridgehead atoms. The monoisotopic (exact) mass is 295 g/mol. The van der Waals surface area contributed by atoms with Crippen LogP contribution in [0.5, 0.6) is 11.5 Å². The van der Waals surface area contributed by atoms with E-state index < -0.39 is 11.7 Å². The molecule has 0 fully saturated rings. The fourth-order valence-electron chi connectivity index (χ4n) is 1.90. The number of nitrogens with one attached hydrogen (secondary N) is 1. The predicted octanol–water partition coefficient (Wildman–Crippen LogP) is 3.17. The van der Waals surface area contributed by atoms with E-state index in [0.717, 1.165) is 0 Å². The van der Waals surface area contributed by atoms with E-state index in [4.69, 9.17) is 14.2 Å². The number of anilines is 1. The summed E-state index contributed by atoms with van der Waals surface area (Å²) in [5, 5.41) is 2.58. The van der Waals surface area contributed by atoms with E-state index >= 15 is 0 Å². The molecule has 1 amide bonds. The van der Waals surface area contributed by atoms with E-state index in [0.29, 0.717) is 23.2 Å². The van der Waals surface area contributed by atoms with Gasteiger partial charge in [0.1, 0.15) is 17.0 Å². The third-order valence-corrected chi connectivity index (χ3v) is 2.61. The van der Waals surface area contributed by atoms with Crippen LogP contribution >= 0.6 is 0 Å². The van der Waals surface area contributed by atoms with Gasteiger partial charge in [0.05, 0.1) is 19.8 Å². The Hall–Kier alpha value is -2.24. The molecule has 0 aliphatic heterocycles. The molecule has 0 heterocycles. The zero-order valence-electron chi connectivity index (χ0n) is 13.2. The van der Waals surface area contributed by atoms with Crippen LogP contribution < -0.4 is 14.8 Å². The van der Waals surface area contributed by atoms with Crippen molar-refractivity contribution in [3.63, 3.8) is 0 Å². The first kappa shape index (κ1) is 16.8. The van der Waals surface area contributed by atoms with Crippen molar-refractivity contribution in [3.05, 3.63) is 17.2 Å². The number of aryl methyl sites for hydroxylation is 1. The molecule has 0 spiro atoms. The van der Waals surface area contributed by atoms with E-state index in [1.165, 1.54) is 14.2 Å². The van der Waals surface area contributed by atoms with Crippen LogP contribution in [-0.2, 0) is 4.74 Å². The van der Waals surface area contributed by atoms with Crippen molar-refractivity contribution >= 4 is 18.1 Å². The molecule has 0 aliphatic rings. The summed E-state index contributed by atoms with van der Waals surface area (Å²) in [6.07, 6.45) is 0.00694. The van der Waals surface area contributed by atoms with Gasteiger partial charge in [-0.2, -0.15) is 0 Å². The molecule has 1 rings (SSSR count). The van der Waals surface area contributed by atoms with Crippen molar-refractivity contribution in [2.24, 2.45) is 0 Å². The molecule has 1 aromatic carbocycles. The minimum absolute atomic E-state index is 0.235. The zero-order chi connectivity index (χ0) is 16.2. The summed E-state index contributed by atoms with van der Waals surface area (Å²) in [7, 11) is 2.89. The fourth-order valence-corrected chi connectivity index (χ4v) is 1.90. The number of carbonyl (C=O) groups excluding carboxylic acids is 2. The largest absolute Gasteiger partial charge is 0.494 e. The van der Waals surface area contributed by atoms with Gasteiger partial charge in [-0.15, -0.1) is 0 Å². The molecular formula is C15H21NO5. The second-order valence-electron chi connectivity index (χ2n) is 5.47. The van der Waals surface area contributed by atoms with Crippen LogP contribution in [0, 0.1) is 6.92 Å². The summed E-state index contributed by atoms with van der Waals surface area (Å²) >= 11 is 0. The van der Waals surface area contributed by atoms with Crippen molar-refractivity contribution in [1.82, 2.24) is 0 Å². The van der Waals surface area contributed by atoms with Crippen LogP contribution in [0.25, 0.3) is 0 Å². The number of hydrogen-bond acceptors (Lipinski definition) is 5. The van der Waals surface area contributed by atoms with Crippen LogP contribution in [0.3, 0.4) is 0 Å². The lowest BCUT2D eigenvalue weighted by Gasteiger charge is -2.22. The second kappa shape index (κ2) is 6.47. The summed E-state index contributed by atoms with van der Waals surface area (Å²) < 4.78 is 15.7. The number of methoxy groups -OCH3 is 2. The minimum atomic E-state index is -0.651. The van der Waals surface area contributed by atoms with E-state index in [2.05, 4.69) is 5.32 Å². The number of carbonyl (C=O) groups is 2. The lowest BCUT2D eigenvalue weighted by Crippen LogP contribution is -2.27. The molecule has 6 heteroatoms. The topological polar surface area (TPSA) is 73.9 Å². The number of rotatable bonds is 4. The molecule has 0 unspecified atom stereocenters. The highest BCUT2D eigenvalue weighted by atomic mass is 16.6. The van der Waals surface area contributed by atoms with E-state index in [1.807, 2.05) is 0 Å². The van der Waals surface area contributed by atoms with E-state index in [9.17, 15) is 9.59 Å². The first-order valence-corrected chi connectivity index (χ1v) is 6.44. The van der Waals surface area contributed by atoms with Crippen LogP contribution in [0.1, 0.15) is 36.7 Å². The lowest BCUT2D eigenvalue weighted by atomic mass is 10.1. The molecule has 21 heavy (non-hydrogen) atoms. The van der Waals surface area contributed by atoms with Crippen molar-refractivity contribution < 1.29 is 23.8 Å². The average molecular weight is 295 g/mol. The van der Waals surface area contributed by atoms with Crippen LogP contribution in [0.15, 0.2) is 6.07 Å². The number of ether oxygens (including phenoxy) is 3. The molecule has 0 aromatic heterocycles. The predicted molar refractivity (Wildman–Crippen MR) is 79.5 cm³/mol. The van der Waals surface area contributed by atoms with E-state index in [-0.39, 0.29) is 11.4 Å². The maximum atomic E-state index is 11.9. The Kier molecular flexibility index (Phi) is 5.18. The third kappa shape index (κ3) is 4.11. The highest BCUT2D eigenvalue weighted by molar-refractivity contribution is 5.94. The van der Waals surface area contributed by atoms with Gasteiger partial charge < -0.3 is 14.2 Å². The van der Waals surface area contributed by atoms with Gasteiger partial charge in [0.2, 0.25) is 0 Å². The minimum Gasteiger partial charge on any atom is -0.494 e. The summed E-state index contributed by atoms with van der Waals surface area (Å²) in [6, 6.07) is 1.63. The molecular weight excluding hydrogens is 274 g/mol. The SMILES string of the molecule is COc1c(C)cc(C=O)c(OC)c1NC(=O)OC(C)(C)C. The molecule has 1 N–H and O–H groups in total. The number of hydrogen-bond donors (Lipinski definition) is 1. The summed E-state index contributed by atoms with van der Waals surface area (Å²) in [5.74, 6) is 0.654. The summed E-state index contributed by atoms with van der Waals surface area (Å²) in [5.41, 5.74) is 0.659. The average Bonchev–Trinajstić information content (AvgIpc) is 2.36. The maximum Gasteiger partial charge on any atom is 0.412 e. The van der Waals surface area contributed by atoms with Gasteiger partial charge in [-0.1, -0.05) is 0 Å². The maximum absolute atomic E-state index is 11.9. The van der Waals surface area contributed by atoms with E-state index in [1.54, 1.807) is 33.8 Å². The van der Waals surface area contributed by atoms with Gasteiger partial charge in [-0.25, -0.2) is 4.79 Å². The lowest BCUT2D eigenvalue weighted by molar-refractivity contribution is 0.0634. The van der Waals surface area contributed by atoms with Gasteiger partial charge in [0, 0.05) is 0 Å².